The first-order chi connectivity index (χ1) is 64.8. The fourth-order valence-corrected chi connectivity index (χ4v) is 13.7. The standard InChI is InChI=1S/C109H96N4O19/c114-62-85-45-96(127-71-86-41-92(110-106(115)129-73-88-47-98(119-63-77-25-9-1-10-26-77)58-99(48-88)120-64-78-27-11-2-12-28-78)55-93(42-86)111-107(116)130-74-89-49-100(121-65-79-29-13-3-14-30-79)59-101(50-89)122-66-80-31-15-4-16-32-80)57-97(46-85)128-72-87-43-94(112-108(117)131-75-90-51-102(123-67-81-33-17-5-18-34-81)60-103(52-90)124-68-82-35-19-6-20-36-82)56-95(44-87)113-109(118)132-76-91-53-104(125-69-83-37-21-7-22-38-83)61-105(54-91)126-70-84-39-23-8-24-40-84/h1-61,114H,62-76H2,(H,110,115)(H,111,116)(H,112,117)(H,113,118). The van der Waals surface area contributed by atoms with Gasteiger partial charge in [0, 0.05) is 53.1 Å². The Balaban J connectivity index is 0.663. The molecule has 15 rings (SSSR count). The molecule has 5 N–H and O–H groups in total. The van der Waals surface area contributed by atoms with Crippen LogP contribution in [0.4, 0.5) is 41.9 Å². The molecule has 0 radical (unpaired) electrons. The van der Waals surface area contributed by atoms with Crippen molar-refractivity contribution in [2.75, 3.05) is 21.3 Å². The fraction of sp³-hybridized carbons (Fsp3) is 0.138. The predicted octanol–water partition coefficient (Wildman–Crippen LogP) is 24.0. The molecular formula is C109H96N4O19. The van der Waals surface area contributed by atoms with E-state index in [4.69, 9.17) is 66.3 Å². The summed E-state index contributed by atoms with van der Waals surface area (Å²) in [5.41, 5.74) is 12.1. The van der Waals surface area contributed by atoms with Crippen LogP contribution in [-0.2, 0) is 118 Å². The van der Waals surface area contributed by atoms with Gasteiger partial charge in [-0.15, -0.1) is 0 Å². The topological polar surface area (TPSA) is 266 Å². The number of amides is 4. The zero-order valence-electron chi connectivity index (χ0n) is 72.1. The van der Waals surface area contributed by atoms with E-state index >= 15 is 0 Å². The van der Waals surface area contributed by atoms with E-state index in [1.165, 1.54) is 12.1 Å². The summed E-state index contributed by atoms with van der Waals surface area (Å²) >= 11 is 0. The van der Waals surface area contributed by atoms with Gasteiger partial charge in [0.05, 0.1) is 6.61 Å². The molecule has 15 aromatic carbocycles. The van der Waals surface area contributed by atoms with E-state index in [9.17, 15) is 24.3 Å². The van der Waals surface area contributed by atoms with Crippen molar-refractivity contribution in [1.29, 1.82) is 0 Å². The van der Waals surface area contributed by atoms with Crippen molar-refractivity contribution in [3.8, 4) is 57.5 Å². The Labute approximate surface area is 764 Å². The summed E-state index contributed by atoms with van der Waals surface area (Å²) in [4.78, 5) is 56.4. The first-order valence-corrected chi connectivity index (χ1v) is 42.7. The lowest BCUT2D eigenvalue weighted by atomic mass is 10.1. The van der Waals surface area contributed by atoms with Crippen molar-refractivity contribution >= 4 is 47.1 Å². The Morgan fingerprint density at radius 2 is 0.311 bits per heavy atom. The average molecular weight is 1770 g/mol. The van der Waals surface area contributed by atoms with Crippen molar-refractivity contribution in [3.63, 3.8) is 0 Å². The molecule has 0 spiro atoms. The maximum absolute atomic E-state index is 14.1. The summed E-state index contributed by atoms with van der Waals surface area (Å²) in [6, 6.07) is 114. The molecule has 0 aromatic heterocycles. The van der Waals surface area contributed by atoms with Crippen LogP contribution in [0.25, 0.3) is 0 Å². The number of ether oxygens (including phenoxy) is 14. The minimum Gasteiger partial charge on any atom is -0.489 e. The van der Waals surface area contributed by atoms with E-state index in [2.05, 4.69) is 21.3 Å². The van der Waals surface area contributed by atoms with Crippen LogP contribution in [-0.4, -0.2) is 29.5 Å². The van der Waals surface area contributed by atoms with Gasteiger partial charge < -0.3 is 71.4 Å². The Bertz CT molecular complexity index is 5290. The Hall–Kier alpha value is -16.7. The molecule has 0 bridgehead atoms. The van der Waals surface area contributed by atoms with E-state index in [1.54, 1.807) is 115 Å². The number of rotatable bonds is 43. The predicted molar refractivity (Wildman–Crippen MR) is 501 cm³/mol. The Morgan fingerprint density at radius 1 is 0.167 bits per heavy atom. The first-order valence-electron chi connectivity index (χ1n) is 42.7. The highest BCUT2D eigenvalue weighted by Gasteiger charge is 2.19. The van der Waals surface area contributed by atoms with Crippen LogP contribution in [0.3, 0.4) is 0 Å². The van der Waals surface area contributed by atoms with Gasteiger partial charge in [-0.25, -0.2) is 19.2 Å². The quantitative estimate of drug-likeness (QED) is 0.0222. The molecule has 0 aliphatic heterocycles. The van der Waals surface area contributed by atoms with Crippen LogP contribution in [0.2, 0.25) is 0 Å². The SMILES string of the molecule is O=C(Nc1cc(COc2cc(CO)cc(OCc3cc(NC(=O)OCc4cc(OCc5ccccc5)cc(OCc5ccccc5)c4)cc(NC(=O)OCc4cc(OCc5ccccc5)cc(OCc5ccccc5)c4)c3)c2)cc(NC(=O)OCc2cc(OCc3ccccc3)cc(OCc3ccccc3)c2)c1)OCc1cc(OCc2ccccc2)cc(OCc2ccccc2)c1. The summed E-state index contributed by atoms with van der Waals surface area (Å²) in [6.45, 7) is 0.644. The average Bonchev–Trinajstić information content (AvgIpc) is 0.926. The number of aliphatic hydroxyl groups excluding tert-OH is 1. The van der Waals surface area contributed by atoms with Gasteiger partial charge in [-0.1, -0.05) is 243 Å². The van der Waals surface area contributed by atoms with E-state index in [0.717, 1.165) is 44.5 Å². The van der Waals surface area contributed by atoms with Crippen LogP contribution in [0, 0.1) is 0 Å². The summed E-state index contributed by atoms with van der Waals surface area (Å²) in [5.74, 6) is 4.46. The summed E-state index contributed by atoms with van der Waals surface area (Å²) in [7, 11) is 0. The number of hydrogen-bond acceptors (Lipinski definition) is 19. The normalized spacial score (nSPS) is 10.7. The zero-order valence-corrected chi connectivity index (χ0v) is 72.1. The number of anilines is 4. The largest absolute Gasteiger partial charge is 0.489 e. The van der Waals surface area contributed by atoms with Gasteiger partial charge in [-0.3, -0.25) is 21.3 Å². The summed E-state index contributed by atoms with van der Waals surface area (Å²) in [5, 5.41) is 22.1. The molecule has 666 valence electrons. The van der Waals surface area contributed by atoms with E-state index < -0.39 is 31.0 Å². The van der Waals surface area contributed by atoms with E-state index in [0.29, 0.717) is 84.9 Å². The molecule has 15 aromatic rings. The summed E-state index contributed by atoms with van der Waals surface area (Å²) < 4.78 is 86.6. The maximum Gasteiger partial charge on any atom is 0.411 e. The molecular weight excluding hydrogens is 1670 g/mol. The minimum atomic E-state index is -0.838. The molecule has 0 aliphatic rings. The smallest absolute Gasteiger partial charge is 0.411 e. The van der Waals surface area contributed by atoms with E-state index in [1.807, 2.05) is 243 Å². The van der Waals surface area contributed by atoms with Gasteiger partial charge >= 0.3 is 24.4 Å². The number of hydrogen-bond donors (Lipinski definition) is 5. The van der Waals surface area contributed by atoms with Crippen LogP contribution in [0.1, 0.15) is 83.5 Å². The van der Waals surface area contributed by atoms with Crippen LogP contribution < -0.4 is 68.6 Å². The van der Waals surface area contributed by atoms with Gasteiger partial charge in [-0.05, 0) is 181 Å². The summed E-state index contributed by atoms with van der Waals surface area (Å²) in [6.07, 6.45) is -3.35. The number of nitrogens with one attached hydrogen (secondary N) is 4. The number of carbonyl (C=O) groups is 4. The van der Waals surface area contributed by atoms with Crippen molar-refractivity contribution in [2.24, 2.45) is 0 Å². The molecule has 4 amide bonds. The second kappa shape index (κ2) is 47.2. The highest BCUT2D eigenvalue weighted by molar-refractivity contribution is 5.90. The monoisotopic (exact) mass is 1760 g/mol. The molecule has 23 nitrogen and oxygen atoms in total. The van der Waals surface area contributed by atoms with Crippen LogP contribution >= 0.6 is 0 Å². The lowest BCUT2D eigenvalue weighted by Gasteiger charge is -2.16. The second-order valence-corrected chi connectivity index (χ2v) is 30.6. The van der Waals surface area contributed by atoms with Crippen molar-refractivity contribution in [1.82, 2.24) is 0 Å². The third-order valence-corrected chi connectivity index (χ3v) is 20.1. The van der Waals surface area contributed by atoms with Gasteiger partial charge in [-0.2, -0.15) is 0 Å². The first kappa shape index (κ1) is 90.1. The third-order valence-electron chi connectivity index (χ3n) is 20.1. The molecule has 132 heavy (non-hydrogen) atoms. The molecule has 0 unspecified atom stereocenters. The minimum absolute atomic E-state index is 0.173. The van der Waals surface area contributed by atoms with Gasteiger partial charge in [0.15, 0.2) is 0 Å². The molecule has 23 heteroatoms. The lowest BCUT2D eigenvalue weighted by molar-refractivity contribution is 0.153. The molecule has 0 saturated carbocycles. The van der Waals surface area contributed by atoms with Gasteiger partial charge in [0.2, 0.25) is 0 Å². The van der Waals surface area contributed by atoms with Gasteiger partial charge in [0.25, 0.3) is 0 Å². The molecule has 0 atom stereocenters. The second-order valence-electron chi connectivity index (χ2n) is 30.6. The van der Waals surface area contributed by atoms with Crippen LogP contribution in [0.15, 0.2) is 370 Å². The number of carbonyl (C=O) groups excluding carboxylic acids is 4. The lowest BCUT2D eigenvalue weighted by Crippen LogP contribution is -2.16. The van der Waals surface area contributed by atoms with Crippen molar-refractivity contribution in [3.05, 3.63) is 454 Å². The number of benzene rings is 15. The Morgan fingerprint density at radius 3 is 0.470 bits per heavy atom. The molecule has 0 fully saturated rings. The van der Waals surface area contributed by atoms with Gasteiger partial charge in [0.1, 0.15) is 150 Å². The highest BCUT2D eigenvalue weighted by Crippen LogP contribution is 2.34. The highest BCUT2D eigenvalue weighted by atomic mass is 16.6. The zero-order chi connectivity index (χ0) is 90.5. The fourth-order valence-electron chi connectivity index (χ4n) is 13.7. The molecule has 0 aliphatic carbocycles. The van der Waals surface area contributed by atoms with Crippen LogP contribution in [0.5, 0.6) is 57.5 Å². The molecule has 0 heterocycles. The van der Waals surface area contributed by atoms with E-state index in [-0.39, 0.29) is 127 Å². The van der Waals surface area contributed by atoms with Crippen molar-refractivity contribution < 1.29 is 90.6 Å². The maximum atomic E-state index is 14.1. The third kappa shape index (κ3) is 29.7. The Kier molecular flexibility index (Phi) is 32.3. The number of aliphatic hydroxyl groups is 1. The van der Waals surface area contributed by atoms with Crippen molar-refractivity contribution in [2.45, 2.75) is 99.1 Å². The molecule has 0 saturated heterocycles.